The Kier molecular flexibility index (Phi) is 3.64. The highest BCUT2D eigenvalue weighted by Crippen LogP contribution is 2.21. The molecule has 2 aliphatic heterocycles. The lowest BCUT2D eigenvalue weighted by molar-refractivity contribution is 0.676. The fourth-order valence-electron chi connectivity index (χ4n) is 1.23. The van der Waals surface area contributed by atoms with Crippen molar-refractivity contribution >= 4 is 46.8 Å². The molecule has 0 N–H and O–H groups in total. The highest BCUT2D eigenvalue weighted by atomic mass is 35.5. The van der Waals surface area contributed by atoms with Crippen molar-refractivity contribution in [1.82, 2.24) is 4.90 Å². The molecule has 0 atom stereocenters. The topological polar surface area (TPSA) is 28.0 Å². The third kappa shape index (κ3) is 2.00. The predicted molar refractivity (Wildman–Crippen MR) is 61.1 cm³/mol. The first-order valence-electron chi connectivity index (χ1n) is 3.63. The summed E-state index contributed by atoms with van der Waals surface area (Å²) in [4.78, 5) is 10.6. The normalized spacial score (nSPS) is 19.8. The Balaban J connectivity index is 0.000000845. The first-order valence-corrected chi connectivity index (χ1v) is 5.23. The maximum Gasteiger partial charge on any atom is 0.170 e. The van der Waals surface area contributed by atoms with E-state index in [1.165, 1.54) is 0 Å². The molecule has 13 heavy (non-hydrogen) atoms. The molecule has 0 radical (unpaired) electrons. The molecular weight excluding hydrogens is 229 g/mol. The SMILES string of the molecule is CSC1=NC(Cl)=CC2=NCCN21.Cl. The van der Waals surface area contributed by atoms with Crippen LogP contribution < -0.4 is 0 Å². The Morgan fingerprint density at radius 3 is 3.08 bits per heavy atom. The van der Waals surface area contributed by atoms with E-state index in [2.05, 4.69) is 14.9 Å². The van der Waals surface area contributed by atoms with E-state index in [0.717, 1.165) is 24.1 Å². The van der Waals surface area contributed by atoms with Gasteiger partial charge in [0, 0.05) is 12.6 Å². The summed E-state index contributed by atoms with van der Waals surface area (Å²) in [7, 11) is 0. The summed E-state index contributed by atoms with van der Waals surface area (Å²) in [5, 5.41) is 1.47. The second-order valence-corrected chi connectivity index (χ2v) is 3.62. The summed E-state index contributed by atoms with van der Waals surface area (Å²) < 4.78 is 0. The molecule has 0 saturated carbocycles. The van der Waals surface area contributed by atoms with Crippen LogP contribution in [0, 0.1) is 0 Å². The standard InChI is InChI=1S/C7H8ClN3S.ClH/c1-12-7-10-5(8)4-6-9-2-3-11(6)7;/h4H,2-3H2,1H3;1H. The Morgan fingerprint density at radius 2 is 2.38 bits per heavy atom. The summed E-state index contributed by atoms with van der Waals surface area (Å²) in [6.07, 6.45) is 3.79. The molecule has 0 bridgehead atoms. The molecule has 2 aliphatic rings. The molecule has 2 heterocycles. The van der Waals surface area contributed by atoms with E-state index in [4.69, 9.17) is 11.6 Å². The van der Waals surface area contributed by atoms with Crippen LogP contribution in [-0.2, 0) is 0 Å². The van der Waals surface area contributed by atoms with E-state index >= 15 is 0 Å². The van der Waals surface area contributed by atoms with Gasteiger partial charge < -0.3 is 4.90 Å². The van der Waals surface area contributed by atoms with Crippen LogP contribution >= 0.6 is 35.8 Å². The number of nitrogens with zero attached hydrogens (tertiary/aromatic N) is 3. The zero-order chi connectivity index (χ0) is 8.55. The van der Waals surface area contributed by atoms with Crippen LogP contribution in [0.1, 0.15) is 0 Å². The Hall–Kier alpha value is -0.190. The van der Waals surface area contributed by atoms with Crippen LogP contribution in [0.3, 0.4) is 0 Å². The third-order valence-electron chi connectivity index (χ3n) is 1.74. The highest BCUT2D eigenvalue weighted by Gasteiger charge is 2.23. The summed E-state index contributed by atoms with van der Waals surface area (Å²) in [5.74, 6) is 0.944. The van der Waals surface area contributed by atoms with E-state index in [0.29, 0.717) is 5.16 Å². The average molecular weight is 238 g/mol. The zero-order valence-corrected chi connectivity index (χ0v) is 9.42. The number of fused-ring (bicyclic) bond motifs is 1. The van der Waals surface area contributed by atoms with E-state index in [-0.39, 0.29) is 12.4 Å². The summed E-state index contributed by atoms with van der Waals surface area (Å²) in [6.45, 7) is 1.77. The molecule has 0 aromatic heterocycles. The molecule has 0 aliphatic carbocycles. The van der Waals surface area contributed by atoms with Crippen LogP contribution in [0.25, 0.3) is 0 Å². The highest BCUT2D eigenvalue weighted by molar-refractivity contribution is 8.13. The maximum atomic E-state index is 5.81. The first-order chi connectivity index (χ1) is 5.81. The van der Waals surface area contributed by atoms with Crippen molar-refractivity contribution < 1.29 is 0 Å². The zero-order valence-electron chi connectivity index (χ0n) is 7.03. The van der Waals surface area contributed by atoms with Crippen LogP contribution in [0.4, 0.5) is 0 Å². The van der Waals surface area contributed by atoms with Gasteiger partial charge in [-0.1, -0.05) is 23.4 Å². The van der Waals surface area contributed by atoms with Crippen LogP contribution in [0.2, 0.25) is 0 Å². The lowest BCUT2D eigenvalue weighted by atomic mass is 10.4. The molecule has 72 valence electrons. The summed E-state index contributed by atoms with van der Waals surface area (Å²) in [5.41, 5.74) is 0. The van der Waals surface area contributed by atoms with Crippen molar-refractivity contribution in [2.75, 3.05) is 19.3 Å². The molecule has 0 unspecified atom stereocenters. The number of hydrogen-bond donors (Lipinski definition) is 0. The van der Waals surface area contributed by atoms with E-state index in [1.807, 2.05) is 6.26 Å². The average Bonchev–Trinajstić information content (AvgIpc) is 2.50. The number of thioether (sulfide) groups is 1. The monoisotopic (exact) mass is 237 g/mol. The first kappa shape index (κ1) is 10.9. The molecule has 0 fully saturated rings. The fourth-order valence-corrected chi connectivity index (χ4v) is 2.05. The van der Waals surface area contributed by atoms with E-state index in [1.54, 1.807) is 17.8 Å². The number of hydrogen-bond acceptors (Lipinski definition) is 4. The minimum atomic E-state index is 0. The van der Waals surface area contributed by atoms with Crippen molar-refractivity contribution in [2.24, 2.45) is 9.98 Å². The van der Waals surface area contributed by atoms with Crippen LogP contribution in [0.15, 0.2) is 21.2 Å². The number of amidine groups is 2. The second-order valence-electron chi connectivity index (χ2n) is 2.46. The maximum absolute atomic E-state index is 5.81. The van der Waals surface area contributed by atoms with E-state index in [9.17, 15) is 0 Å². The molecule has 0 aromatic rings. The molecule has 0 saturated heterocycles. The van der Waals surface area contributed by atoms with Crippen molar-refractivity contribution in [3.05, 3.63) is 11.2 Å². The van der Waals surface area contributed by atoms with E-state index < -0.39 is 0 Å². The third-order valence-corrected chi connectivity index (χ3v) is 2.61. The van der Waals surface area contributed by atoms with Gasteiger partial charge in [-0.2, -0.15) is 0 Å². The Labute approximate surface area is 92.4 Å². The minimum absolute atomic E-state index is 0. The number of rotatable bonds is 0. The lowest BCUT2D eigenvalue weighted by Gasteiger charge is -2.21. The van der Waals surface area contributed by atoms with Gasteiger partial charge in [0.05, 0.1) is 6.54 Å². The second kappa shape index (κ2) is 4.35. The van der Waals surface area contributed by atoms with Crippen molar-refractivity contribution in [1.29, 1.82) is 0 Å². The van der Waals surface area contributed by atoms with Gasteiger partial charge >= 0.3 is 0 Å². The predicted octanol–water partition coefficient (Wildman–Crippen LogP) is 1.94. The molecule has 6 heteroatoms. The van der Waals surface area contributed by atoms with Gasteiger partial charge in [-0.3, -0.25) is 4.99 Å². The number of aliphatic imine (C=N–C) groups is 2. The quantitative estimate of drug-likeness (QED) is 0.603. The number of halogens is 2. The van der Waals surface area contributed by atoms with Gasteiger partial charge in [0.1, 0.15) is 11.0 Å². The van der Waals surface area contributed by atoms with Crippen LogP contribution in [-0.4, -0.2) is 35.2 Å². The molecule has 0 amide bonds. The van der Waals surface area contributed by atoms with Gasteiger partial charge in [0.25, 0.3) is 0 Å². The van der Waals surface area contributed by atoms with Crippen LogP contribution in [0.5, 0.6) is 0 Å². The van der Waals surface area contributed by atoms with Crippen molar-refractivity contribution in [2.45, 2.75) is 0 Å². The minimum Gasteiger partial charge on any atom is -0.304 e. The molecular formula is C7H9Cl2N3S. The molecule has 0 spiro atoms. The summed E-state index contributed by atoms with van der Waals surface area (Å²) >= 11 is 7.41. The largest absolute Gasteiger partial charge is 0.304 e. The van der Waals surface area contributed by atoms with Gasteiger partial charge in [0.2, 0.25) is 0 Å². The summed E-state index contributed by atoms with van der Waals surface area (Å²) in [6, 6.07) is 0. The fraction of sp³-hybridized carbons (Fsp3) is 0.429. The Morgan fingerprint density at radius 1 is 1.62 bits per heavy atom. The van der Waals surface area contributed by atoms with Gasteiger partial charge in [-0.05, 0) is 6.26 Å². The van der Waals surface area contributed by atoms with Gasteiger partial charge in [-0.15, -0.1) is 12.4 Å². The van der Waals surface area contributed by atoms with Gasteiger partial charge in [0.15, 0.2) is 5.17 Å². The van der Waals surface area contributed by atoms with Crippen molar-refractivity contribution in [3.8, 4) is 0 Å². The smallest absolute Gasteiger partial charge is 0.170 e. The lowest BCUT2D eigenvalue weighted by Crippen LogP contribution is -2.33. The molecule has 3 nitrogen and oxygen atoms in total. The molecule has 0 aromatic carbocycles. The Bertz CT molecular complexity index is 298. The van der Waals surface area contributed by atoms with Crippen molar-refractivity contribution in [3.63, 3.8) is 0 Å². The molecule has 2 rings (SSSR count). The van der Waals surface area contributed by atoms with Gasteiger partial charge in [-0.25, -0.2) is 4.99 Å².